The highest BCUT2D eigenvalue weighted by Crippen LogP contribution is 2.32. The fourth-order valence-corrected chi connectivity index (χ4v) is 3.64. The fraction of sp³-hybridized carbons (Fsp3) is 0.312. The maximum atomic E-state index is 12.2. The Balaban J connectivity index is 1.64. The third-order valence-corrected chi connectivity index (χ3v) is 4.81. The van der Waals surface area contributed by atoms with Crippen LogP contribution in [0.3, 0.4) is 0 Å². The van der Waals surface area contributed by atoms with Gasteiger partial charge in [0.15, 0.2) is 5.16 Å². The second kappa shape index (κ2) is 7.02. The predicted octanol–water partition coefficient (Wildman–Crippen LogP) is 3.13. The number of ether oxygens (including phenoxy) is 1. The molecular weight excluding hydrogens is 371 g/mol. The highest BCUT2D eigenvalue weighted by atomic mass is 32.2. The summed E-state index contributed by atoms with van der Waals surface area (Å²) >= 11 is 1.40. The van der Waals surface area contributed by atoms with Crippen LogP contribution in [0.5, 0.6) is 5.75 Å². The number of hydrogen-bond donors (Lipinski definition) is 1. The summed E-state index contributed by atoms with van der Waals surface area (Å²) in [5.41, 5.74) is 0.665. The van der Waals surface area contributed by atoms with Crippen molar-refractivity contribution in [3.05, 3.63) is 46.4 Å². The summed E-state index contributed by atoms with van der Waals surface area (Å²) in [5.74, 6) is -0.164. The number of anilines is 1. The number of nitrogens with zero attached hydrogens (tertiary/aromatic N) is 2. The molecule has 0 fully saturated rings. The van der Waals surface area contributed by atoms with Crippen molar-refractivity contribution >= 4 is 23.4 Å². The van der Waals surface area contributed by atoms with Gasteiger partial charge in [0.1, 0.15) is 5.75 Å². The second-order valence-corrected chi connectivity index (χ2v) is 6.68. The van der Waals surface area contributed by atoms with Crippen LogP contribution in [0, 0.1) is 6.92 Å². The van der Waals surface area contributed by atoms with Crippen molar-refractivity contribution < 1.29 is 22.7 Å². The molecule has 138 valence electrons. The van der Waals surface area contributed by atoms with Crippen LogP contribution in [-0.2, 0) is 4.79 Å². The monoisotopic (exact) mass is 385 g/mol. The zero-order chi connectivity index (χ0) is 18.9. The second-order valence-electron chi connectivity index (χ2n) is 5.69. The van der Waals surface area contributed by atoms with Crippen molar-refractivity contribution in [3.63, 3.8) is 0 Å². The molecule has 0 aliphatic carbocycles. The van der Waals surface area contributed by atoms with E-state index in [1.807, 2.05) is 0 Å². The van der Waals surface area contributed by atoms with Gasteiger partial charge in [-0.25, -0.2) is 4.98 Å². The van der Waals surface area contributed by atoms with Crippen LogP contribution in [0.2, 0.25) is 0 Å². The molecule has 2 aromatic rings. The lowest BCUT2D eigenvalue weighted by atomic mass is 10.2. The van der Waals surface area contributed by atoms with E-state index in [-0.39, 0.29) is 29.7 Å². The molecule has 1 aromatic heterocycles. The van der Waals surface area contributed by atoms with E-state index in [9.17, 15) is 22.8 Å². The van der Waals surface area contributed by atoms with E-state index in [0.717, 1.165) is 12.1 Å². The van der Waals surface area contributed by atoms with Crippen molar-refractivity contribution in [2.45, 2.75) is 30.9 Å². The van der Waals surface area contributed by atoms with Crippen LogP contribution in [0.1, 0.15) is 18.0 Å². The van der Waals surface area contributed by atoms with E-state index in [0.29, 0.717) is 22.2 Å². The SMILES string of the molecule is Cc1cnc2n(c1=O)[C@H](CC(=O)Nc1ccc(OC(F)(F)F)cc1)CS2. The van der Waals surface area contributed by atoms with Crippen LogP contribution >= 0.6 is 11.8 Å². The molecule has 1 atom stereocenters. The van der Waals surface area contributed by atoms with Gasteiger partial charge in [-0.15, -0.1) is 13.2 Å². The summed E-state index contributed by atoms with van der Waals surface area (Å²) < 4.78 is 41.7. The smallest absolute Gasteiger partial charge is 0.406 e. The minimum absolute atomic E-state index is 0.0614. The number of aromatic nitrogens is 2. The van der Waals surface area contributed by atoms with E-state index in [1.54, 1.807) is 6.92 Å². The number of benzene rings is 1. The average Bonchev–Trinajstić information content (AvgIpc) is 2.95. The van der Waals surface area contributed by atoms with E-state index >= 15 is 0 Å². The first kappa shape index (κ1) is 18.3. The molecule has 0 spiro atoms. The Labute approximate surface area is 150 Å². The van der Waals surface area contributed by atoms with Gasteiger partial charge in [0.2, 0.25) is 5.91 Å². The maximum Gasteiger partial charge on any atom is 0.573 e. The summed E-state index contributed by atoms with van der Waals surface area (Å²) in [4.78, 5) is 28.6. The van der Waals surface area contributed by atoms with Crippen molar-refractivity contribution in [1.29, 1.82) is 0 Å². The summed E-state index contributed by atoms with van der Waals surface area (Å²) in [7, 11) is 0. The number of hydrogen-bond acceptors (Lipinski definition) is 5. The molecule has 10 heteroatoms. The van der Waals surface area contributed by atoms with Crippen molar-refractivity contribution in [2.24, 2.45) is 0 Å². The van der Waals surface area contributed by atoms with Crippen molar-refractivity contribution in [1.82, 2.24) is 9.55 Å². The van der Waals surface area contributed by atoms with E-state index < -0.39 is 6.36 Å². The first-order valence-electron chi connectivity index (χ1n) is 7.59. The van der Waals surface area contributed by atoms with Crippen LogP contribution in [-0.4, -0.2) is 27.6 Å². The van der Waals surface area contributed by atoms with Gasteiger partial charge >= 0.3 is 6.36 Å². The normalized spacial score (nSPS) is 16.2. The van der Waals surface area contributed by atoms with E-state index in [4.69, 9.17) is 0 Å². The van der Waals surface area contributed by atoms with Gasteiger partial charge in [0.05, 0.1) is 6.04 Å². The van der Waals surface area contributed by atoms with Crippen LogP contribution < -0.4 is 15.6 Å². The third kappa shape index (κ3) is 4.18. The zero-order valence-corrected chi connectivity index (χ0v) is 14.4. The fourth-order valence-electron chi connectivity index (χ4n) is 2.54. The standard InChI is InChI=1S/C16H14F3N3O3S/c1-9-7-20-15-22(14(9)24)11(8-26-15)6-13(23)21-10-2-4-12(5-3-10)25-16(17,18)19/h2-5,7,11H,6,8H2,1H3,(H,21,23)/t11-/m1/s1. The number of halogens is 3. The Morgan fingerprint density at radius 3 is 2.73 bits per heavy atom. The Morgan fingerprint density at radius 1 is 1.38 bits per heavy atom. The summed E-state index contributed by atoms with van der Waals surface area (Å²) in [5, 5.41) is 3.18. The van der Waals surface area contributed by atoms with Gasteiger partial charge in [-0.1, -0.05) is 11.8 Å². The minimum atomic E-state index is -4.77. The molecule has 1 aliphatic rings. The van der Waals surface area contributed by atoms with Gasteiger partial charge in [0.25, 0.3) is 5.56 Å². The molecule has 6 nitrogen and oxygen atoms in total. The molecule has 0 unspecified atom stereocenters. The van der Waals surface area contributed by atoms with E-state index in [2.05, 4.69) is 15.0 Å². The number of thioether (sulfide) groups is 1. The lowest BCUT2D eigenvalue weighted by Gasteiger charge is -2.14. The quantitative estimate of drug-likeness (QED) is 0.819. The molecule has 1 aromatic carbocycles. The molecule has 0 bridgehead atoms. The number of rotatable bonds is 4. The summed E-state index contributed by atoms with van der Waals surface area (Å²) in [6, 6.07) is 4.54. The first-order valence-corrected chi connectivity index (χ1v) is 8.58. The van der Waals surface area contributed by atoms with E-state index in [1.165, 1.54) is 34.7 Å². The molecule has 0 saturated carbocycles. The lowest BCUT2D eigenvalue weighted by Crippen LogP contribution is -2.28. The molecule has 3 rings (SSSR count). The van der Waals surface area contributed by atoms with Crippen LogP contribution in [0.4, 0.5) is 18.9 Å². The molecule has 1 N–H and O–H groups in total. The Morgan fingerprint density at radius 2 is 2.08 bits per heavy atom. The number of nitrogens with one attached hydrogen (secondary N) is 1. The highest BCUT2D eigenvalue weighted by Gasteiger charge is 2.31. The molecule has 2 heterocycles. The minimum Gasteiger partial charge on any atom is -0.406 e. The predicted molar refractivity (Wildman–Crippen MR) is 89.4 cm³/mol. The van der Waals surface area contributed by atoms with Crippen LogP contribution in [0.25, 0.3) is 0 Å². The number of fused-ring (bicyclic) bond motifs is 1. The highest BCUT2D eigenvalue weighted by molar-refractivity contribution is 7.99. The van der Waals surface area contributed by atoms with Gasteiger partial charge in [-0.2, -0.15) is 0 Å². The molecule has 0 saturated heterocycles. The van der Waals surface area contributed by atoms with Crippen molar-refractivity contribution in [2.75, 3.05) is 11.1 Å². The van der Waals surface area contributed by atoms with Gasteiger partial charge in [-0.05, 0) is 31.2 Å². The zero-order valence-electron chi connectivity index (χ0n) is 13.5. The largest absolute Gasteiger partial charge is 0.573 e. The van der Waals surface area contributed by atoms with Gasteiger partial charge in [0, 0.05) is 29.6 Å². The number of carbonyl (C=O) groups excluding carboxylic acids is 1. The third-order valence-electron chi connectivity index (χ3n) is 3.69. The maximum absolute atomic E-state index is 12.2. The Hall–Kier alpha value is -2.49. The van der Waals surface area contributed by atoms with Crippen LogP contribution in [0.15, 0.2) is 40.4 Å². The molecular formula is C16H14F3N3O3S. The van der Waals surface area contributed by atoms with Crippen molar-refractivity contribution in [3.8, 4) is 5.75 Å². The number of alkyl halides is 3. The Kier molecular flexibility index (Phi) is 4.94. The number of amides is 1. The number of aryl methyl sites for hydroxylation is 1. The molecule has 26 heavy (non-hydrogen) atoms. The lowest BCUT2D eigenvalue weighted by molar-refractivity contribution is -0.274. The molecule has 1 amide bonds. The summed E-state index contributed by atoms with van der Waals surface area (Å²) in [6.07, 6.45) is -3.20. The first-order chi connectivity index (χ1) is 12.2. The number of carbonyl (C=O) groups is 1. The van der Waals surface area contributed by atoms with Gasteiger partial charge in [-0.3, -0.25) is 14.2 Å². The topological polar surface area (TPSA) is 73.2 Å². The Bertz CT molecular complexity index is 881. The molecule has 1 aliphatic heterocycles. The van der Waals surface area contributed by atoms with Gasteiger partial charge < -0.3 is 10.1 Å². The summed E-state index contributed by atoms with van der Waals surface area (Å²) in [6.45, 7) is 1.66. The average molecular weight is 385 g/mol. The molecule has 0 radical (unpaired) electrons.